The molecule has 5 heteroatoms. The summed E-state index contributed by atoms with van der Waals surface area (Å²) in [7, 11) is 0. The molecule has 0 spiro atoms. The molecule has 2 N–H and O–H groups in total. The van der Waals surface area contributed by atoms with Crippen LogP contribution in [0.4, 0.5) is 0 Å². The maximum atomic E-state index is 10.1. The zero-order valence-corrected chi connectivity index (χ0v) is 6.86. The molecule has 0 heterocycles. The van der Waals surface area contributed by atoms with Crippen LogP contribution in [0.5, 0.6) is 5.75 Å². The van der Waals surface area contributed by atoms with Gasteiger partial charge in [0.05, 0.1) is 0 Å². The molecule has 0 aromatic heterocycles. The summed E-state index contributed by atoms with van der Waals surface area (Å²) in [5.41, 5.74) is 0.662. The third-order valence-electron chi connectivity index (χ3n) is 1.19. The summed E-state index contributed by atoms with van der Waals surface area (Å²) in [5, 5.41) is 8.88. The standard InChI is InChI=1S/C7H7NO3S/c9-7-3-1-6(2-4-7)5-8-12(10)11/h1-5,9H,(H,10,11). The lowest BCUT2D eigenvalue weighted by Gasteiger charge is -1.91. The molecule has 1 unspecified atom stereocenters. The van der Waals surface area contributed by atoms with Gasteiger partial charge in [-0.3, -0.25) is 4.55 Å². The van der Waals surface area contributed by atoms with Gasteiger partial charge in [0.15, 0.2) is 0 Å². The maximum Gasteiger partial charge on any atom is 0.281 e. The molecule has 0 bridgehead atoms. The summed E-state index contributed by atoms with van der Waals surface area (Å²) in [6.45, 7) is 0. The Labute approximate surface area is 72.0 Å². The zero-order chi connectivity index (χ0) is 8.97. The number of rotatable bonds is 2. The van der Waals surface area contributed by atoms with Crippen LogP contribution in [0, 0.1) is 0 Å². The number of nitrogens with zero attached hydrogens (tertiary/aromatic N) is 1. The third kappa shape index (κ3) is 2.81. The molecule has 1 aromatic rings. The first-order chi connectivity index (χ1) is 5.68. The fraction of sp³-hybridized carbons (Fsp3) is 0. The summed E-state index contributed by atoms with van der Waals surface area (Å²) in [4.78, 5) is 0. The van der Waals surface area contributed by atoms with Crippen LogP contribution in [0.3, 0.4) is 0 Å². The Morgan fingerprint density at radius 1 is 1.33 bits per heavy atom. The number of hydrogen-bond acceptors (Lipinski definition) is 2. The van der Waals surface area contributed by atoms with E-state index in [1.807, 2.05) is 0 Å². The Morgan fingerprint density at radius 3 is 2.42 bits per heavy atom. The molecule has 1 atom stereocenters. The molecular formula is C7H7NO3S. The largest absolute Gasteiger partial charge is 0.508 e. The van der Waals surface area contributed by atoms with E-state index in [1.165, 1.54) is 18.3 Å². The molecule has 0 saturated carbocycles. The van der Waals surface area contributed by atoms with Crippen LogP contribution in [-0.4, -0.2) is 20.1 Å². The first-order valence-corrected chi connectivity index (χ1v) is 4.19. The number of benzene rings is 1. The van der Waals surface area contributed by atoms with Crippen LogP contribution in [0.15, 0.2) is 28.7 Å². The second-order valence-corrected chi connectivity index (χ2v) is 2.73. The summed E-state index contributed by atoms with van der Waals surface area (Å²) < 4.78 is 21.6. The highest BCUT2D eigenvalue weighted by Gasteiger charge is 1.89. The van der Waals surface area contributed by atoms with E-state index in [4.69, 9.17) is 9.66 Å². The topological polar surface area (TPSA) is 69.9 Å². The van der Waals surface area contributed by atoms with E-state index in [9.17, 15) is 4.21 Å². The average molecular weight is 185 g/mol. The molecule has 0 saturated heterocycles. The summed E-state index contributed by atoms with van der Waals surface area (Å²) in [6, 6.07) is 6.13. The van der Waals surface area contributed by atoms with Gasteiger partial charge in [-0.05, 0) is 29.8 Å². The highest BCUT2D eigenvalue weighted by Crippen LogP contribution is 2.07. The second kappa shape index (κ2) is 3.99. The van der Waals surface area contributed by atoms with Crippen LogP contribution in [-0.2, 0) is 11.3 Å². The number of aromatic hydroxyl groups is 1. The molecule has 0 fully saturated rings. The van der Waals surface area contributed by atoms with Crippen molar-refractivity contribution < 1.29 is 13.9 Å². The summed E-state index contributed by atoms with van der Waals surface area (Å²) in [5.74, 6) is 0.150. The Bertz CT molecular complexity index is 307. The van der Waals surface area contributed by atoms with Crippen molar-refractivity contribution in [2.75, 3.05) is 0 Å². The molecule has 1 rings (SSSR count). The van der Waals surface area contributed by atoms with Gasteiger partial charge in [0.25, 0.3) is 11.3 Å². The van der Waals surface area contributed by atoms with Gasteiger partial charge in [-0.15, -0.1) is 0 Å². The Balaban J connectivity index is 2.77. The minimum atomic E-state index is -2.16. The molecular weight excluding hydrogens is 178 g/mol. The highest BCUT2D eigenvalue weighted by molar-refractivity contribution is 7.77. The zero-order valence-electron chi connectivity index (χ0n) is 6.04. The van der Waals surface area contributed by atoms with Gasteiger partial charge in [0.1, 0.15) is 5.75 Å². The maximum absolute atomic E-state index is 10.1. The molecule has 1 aromatic carbocycles. The van der Waals surface area contributed by atoms with Crippen molar-refractivity contribution in [3.05, 3.63) is 29.8 Å². The van der Waals surface area contributed by atoms with E-state index in [1.54, 1.807) is 12.1 Å². The van der Waals surface area contributed by atoms with Gasteiger partial charge in [-0.1, -0.05) is 0 Å². The first kappa shape index (κ1) is 8.89. The van der Waals surface area contributed by atoms with Crippen molar-refractivity contribution in [2.45, 2.75) is 0 Å². The SMILES string of the molecule is O=S(O)N=Cc1ccc(O)cc1. The van der Waals surface area contributed by atoms with Gasteiger partial charge < -0.3 is 5.11 Å². The van der Waals surface area contributed by atoms with Gasteiger partial charge >= 0.3 is 0 Å². The monoisotopic (exact) mass is 185 g/mol. The minimum absolute atomic E-state index is 0.150. The highest BCUT2D eigenvalue weighted by atomic mass is 32.2. The second-order valence-electron chi connectivity index (χ2n) is 2.06. The van der Waals surface area contributed by atoms with Crippen LogP contribution < -0.4 is 0 Å². The molecule has 64 valence electrons. The Hall–Kier alpha value is -1.20. The van der Waals surface area contributed by atoms with Crippen LogP contribution in [0.1, 0.15) is 5.56 Å². The third-order valence-corrected chi connectivity index (χ3v) is 1.47. The van der Waals surface area contributed by atoms with Crippen LogP contribution in [0.2, 0.25) is 0 Å². The van der Waals surface area contributed by atoms with E-state index < -0.39 is 11.3 Å². The number of hydrogen-bond donors (Lipinski definition) is 2. The summed E-state index contributed by atoms with van der Waals surface area (Å²) in [6.07, 6.45) is 1.26. The van der Waals surface area contributed by atoms with Crippen molar-refractivity contribution in [1.29, 1.82) is 0 Å². The van der Waals surface area contributed by atoms with Crippen LogP contribution in [0.25, 0.3) is 0 Å². The Kier molecular flexibility index (Phi) is 2.95. The molecule has 0 aliphatic heterocycles. The quantitative estimate of drug-likeness (QED) is 0.532. The smallest absolute Gasteiger partial charge is 0.281 e. The normalized spacial score (nSPS) is 13.4. The predicted octanol–water partition coefficient (Wildman–Crippen LogP) is 0.948. The van der Waals surface area contributed by atoms with Gasteiger partial charge in [-0.2, -0.15) is 4.40 Å². The molecule has 0 aliphatic carbocycles. The fourth-order valence-electron chi connectivity index (χ4n) is 0.666. The van der Waals surface area contributed by atoms with E-state index in [0.29, 0.717) is 5.56 Å². The van der Waals surface area contributed by atoms with E-state index >= 15 is 0 Å². The fourth-order valence-corrected chi connectivity index (χ4v) is 0.878. The molecule has 0 radical (unpaired) electrons. The van der Waals surface area contributed by atoms with Crippen molar-refractivity contribution in [3.8, 4) is 5.75 Å². The molecule has 12 heavy (non-hydrogen) atoms. The van der Waals surface area contributed by atoms with Gasteiger partial charge in [-0.25, -0.2) is 4.21 Å². The van der Waals surface area contributed by atoms with Crippen molar-refractivity contribution in [1.82, 2.24) is 0 Å². The minimum Gasteiger partial charge on any atom is -0.508 e. The van der Waals surface area contributed by atoms with Gasteiger partial charge in [0.2, 0.25) is 0 Å². The number of phenols is 1. The summed E-state index contributed by atoms with van der Waals surface area (Å²) >= 11 is -2.16. The average Bonchev–Trinajstić information content (AvgIpc) is 2.03. The van der Waals surface area contributed by atoms with Crippen molar-refractivity contribution >= 4 is 17.5 Å². The van der Waals surface area contributed by atoms with E-state index in [0.717, 1.165) is 0 Å². The lowest BCUT2D eigenvalue weighted by atomic mass is 10.2. The predicted molar refractivity (Wildman–Crippen MR) is 46.5 cm³/mol. The Morgan fingerprint density at radius 2 is 1.92 bits per heavy atom. The van der Waals surface area contributed by atoms with Crippen molar-refractivity contribution in [3.63, 3.8) is 0 Å². The van der Waals surface area contributed by atoms with Gasteiger partial charge in [0, 0.05) is 6.21 Å². The lowest BCUT2D eigenvalue weighted by molar-refractivity contribution is 0.475. The molecule has 0 aliphatic rings. The lowest BCUT2D eigenvalue weighted by Crippen LogP contribution is -1.83. The van der Waals surface area contributed by atoms with Crippen LogP contribution >= 0.6 is 0 Å². The molecule has 0 amide bonds. The van der Waals surface area contributed by atoms with E-state index in [-0.39, 0.29) is 5.75 Å². The first-order valence-electron chi connectivity index (χ1n) is 3.12. The molecule has 4 nitrogen and oxygen atoms in total. The van der Waals surface area contributed by atoms with E-state index in [2.05, 4.69) is 4.40 Å². The number of phenolic OH excluding ortho intramolecular Hbond substituents is 1. The van der Waals surface area contributed by atoms with Crippen molar-refractivity contribution in [2.24, 2.45) is 4.40 Å².